The number of carbonyl (C=O) groups excluding carboxylic acids is 1. The second-order valence-corrected chi connectivity index (χ2v) is 8.15. The number of aryl methyl sites for hydroxylation is 2. The van der Waals surface area contributed by atoms with E-state index in [-0.39, 0.29) is 11.7 Å². The van der Waals surface area contributed by atoms with Gasteiger partial charge in [0.15, 0.2) is 11.0 Å². The van der Waals surface area contributed by atoms with Crippen LogP contribution in [0.25, 0.3) is 0 Å². The Balaban J connectivity index is 1.59. The third-order valence-corrected chi connectivity index (χ3v) is 6.12. The van der Waals surface area contributed by atoms with Crippen molar-refractivity contribution >= 4 is 34.0 Å². The summed E-state index contributed by atoms with van der Waals surface area (Å²) in [4.78, 5) is 12.2. The molecule has 0 atom stereocenters. The number of rotatable bonds is 8. The van der Waals surface area contributed by atoms with Gasteiger partial charge in [-0.2, -0.15) is 5.26 Å². The summed E-state index contributed by atoms with van der Waals surface area (Å²) in [5.41, 5.74) is 2.86. The van der Waals surface area contributed by atoms with Gasteiger partial charge < -0.3 is 14.6 Å². The molecule has 150 valence electrons. The number of hydrogen-bond acceptors (Lipinski definition) is 7. The summed E-state index contributed by atoms with van der Waals surface area (Å²) in [5.74, 6) is 1.49. The maximum atomic E-state index is 12.2. The molecule has 7 nitrogen and oxygen atoms in total. The van der Waals surface area contributed by atoms with E-state index in [1.807, 2.05) is 36.6 Å². The summed E-state index contributed by atoms with van der Waals surface area (Å²) in [6.45, 7) is 7.08. The number of nitrogens with one attached hydrogen (secondary N) is 1. The molecule has 0 bridgehead atoms. The smallest absolute Gasteiger partial charge is 0.235 e. The Morgan fingerprint density at radius 2 is 2.14 bits per heavy atom. The molecular formula is C20H21N5O2S2. The molecule has 0 unspecified atom stereocenters. The molecule has 3 aromatic rings. The highest BCUT2D eigenvalue weighted by molar-refractivity contribution is 7.99. The van der Waals surface area contributed by atoms with Crippen molar-refractivity contribution in [1.29, 1.82) is 5.26 Å². The number of benzene rings is 1. The van der Waals surface area contributed by atoms with E-state index in [1.54, 1.807) is 11.4 Å². The topological polar surface area (TPSA) is 92.8 Å². The van der Waals surface area contributed by atoms with Crippen molar-refractivity contribution in [3.63, 3.8) is 0 Å². The lowest BCUT2D eigenvalue weighted by atomic mass is 10.1. The van der Waals surface area contributed by atoms with Gasteiger partial charge in [0.25, 0.3) is 0 Å². The molecule has 0 aliphatic carbocycles. The van der Waals surface area contributed by atoms with Crippen LogP contribution in [0.5, 0.6) is 5.75 Å². The van der Waals surface area contributed by atoms with E-state index in [4.69, 9.17) is 10.00 Å². The summed E-state index contributed by atoms with van der Waals surface area (Å²) in [5, 5.41) is 23.2. The number of nitrogens with zero attached hydrogens (tertiary/aromatic N) is 4. The van der Waals surface area contributed by atoms with E-state index >= 15 is 0 Å². The molecule has 0 radical (unpaired) electrons. The standard InChI is InChI=1S/C20H21N5O2S2/c1-4-25-17(11-27-16-6-5-13(2)14(3)9-16)23-24-20(25)29-12-18(26)22-19-15(10-21)7-8-28-19/h5-9H,4,11-12H2,1-3H3,(H,22,26). The minimum Gasteiger partial charge on any atom is -0.486 e. The van der Waals surface area contributed by atoms with Crippen molar-refractivity contribution in [2.45, 2.75) is 39.1 Å². The Hall–Kier alpha value is -2.83. The zero-order valence-electron chi connectivity index (χ0n) is 16.4. The largest absolute Gasteiger partial charge is 0.486 e. The van der Waals surface area contributed by atoms with Gasteiger partial charge >= 0.3 is 0 Å². The summed E-state index contributed by atoms with van der Waals surface area (Å²) in [7, 11) is 0. The molecule has 0 saturated heterocycles. The van der Waals surface area contributed by atoms with Crippen LogP contribution in [0.4, 0.5) is 5.00 Å². The number of carbonyl (C=O) groups is 1. The van der Waals surface area contributed by atoms with Crippen molar-refractivity contribution < 1.29 is 9.53 Å². The van der Waals surface area contributed by atoms with Gasteiger partial charge in [0.05, 0.1) is 11.3 Å². The molecule has 29 heavy (non-hydrogen) atoms. The lowest BCUT2D eigenvalue weighted by molar-refractivity contribution is -0.113. The van der Waals surface area contributed by atoms with Crippen LogP contribution in [0.15, 0.2) is 34.8 Å². The van der Waals surface area contributed by atoms with Crippen LogP contribution in [-0.2, 0) is 17.9 Å². The van der Waals surface area contributed by atoms with Crippen molar-refractivity contribution in [3.8, 4) is 11.8 Å². The van der Waals surface area contributed by atoms with Crippen molar-refractivity contribution in [3.05, 3.63) is 52.2 Å². The van der Waals surface area contributed by atoms with Crippen molar-refractivity contribution in [2.24, 2.45) is 0 Å². The van der Waals surface area contributed by atoms with E-state index in [9.17, 15) is 4.79 Å². The van der Waals surface area contributed by atoms with E-state index in [0.717, 1.165) is 5.75 Å². The number of ether oxygens (including phenoxy) is 1. The Morgan fingerprint density at radius 1 is 1.31 bits per heavy atom. The molecule has 9 heteroatoms. The molecular weight excluding hydrogens is 406 g/mol. The molecule has 0 aliphatic rings. The van der Waals surface area contributed by atoms with E-state index in [2.05, 4.69) is 28.5 Å². The zero-order chi connectivity index (χ0) is 20.8. The number of thioether (sulfide) groups is 1. The predicted molar refractivity (Wildman–Crippen MR) is 114 cm³/mol. The summed E-state index contributed by atoms with van der Waals surface area (Å²) >= 11 is 2.63. The molecule has 0 fully saturated rings. The van der Waals surface area contributed by atoms with Crippen LogP contribution < -0.4 is 10.1 Å². The Morgan fingerprint density at radius 3 is 2.86 bits per heavy atom. The monoisotopic (exact) mass is 427 g/mol. The highest BCUT2D eigenvalue weighted by Gasteiger charge is 2.15. The van der Waals surface area contributed by atoms with E-state index < -0.39 is 0 Å². The van der Waals surface area contributed by atoms with Crippen LogP contribution in [0.3, 0.4) is 0 Å². The van der Waals surface area contributed by atoms with Crippen molar-refractivity contribution in [1.82, 2.24) is 14.8 Å². The summed E-state index contributed by atoms with van der Waals surface area (Å²) < 4.78 is 7.80. The van der Waals surface area contributed by atoms with Gasteiger partial charge in [0, 0.05) is 6.54 Å². The zero-order valence-corrected chi connectivity index (χ0v) is 18.1. The third-order valence-electron chi connectivity index (χ3n) is 4.33. The molecule has 1 amide bonds. The maximum absolute atomic E-state index is 12.2. The number of anilines is 1. The normalized spacial score (nSPS) is 10.6. The average molecular weight is 428 g/mol. The van der Waals surface area contributed by atoms with Crippen LogP contribution in [0, 0.1) is 25.2 Å². The van der Waals surface area contributed by atoms with Gasteiger partial charge in [0.1, 0.15) is 23.4 Å². The quantitative estimate of drug-likeness (QED) is 0.543. The molecule has 0 spiro atoms. The first-order valence-corrected chi connectivity index (χ1v) is 10.9. The molecule has 0 aliphatic heterocycles. The van der Waals surface area contributed by atoms with Gasteiger partial charge in [-0.3, -0.25) is 4.79 Å². The lowest BCUT2D eigenvalue weighted by Gasteiger charge is -2.10. The molecule has 1 aromatic carbocycles. The third kappa shape index (κ3) is 5.16. The van der Waals surface area contributed by atoms with Crippen LogP contribution in [0.2, 0.25) is 0 Å². The first-order valence-electron chi connectivity index (χ1n) is 9.04. The molecule has 1 N–H and O–H groups in total. The first kappa shape index (κ1) is 20.9. The van der Waals surface area contributed by atoms with Gasteiger partial charge in [-0.25, -0.2) is 0 Å². The molecule has 2 aromatic heterocycles. The number of thiophene rings is 1. The number of nitriles is 1. The van der Waals surface area contributed by atoms with Gasteiger partial charge in [-0.15, -0.1) is 21.5 Å². The van der Waals surface area contributed by atoms with Gasteiger partial charge in [-0.1, -0.05) is 17.8 Å². The summed E-state index contributed by atoms with van der Waals surface area (Å²) in [6.07, 6.45) is 0. The SMILES string of the molecule is CCn1c(COc2ccc(C)c(C)c2)nnc1SCC(=O)Nc1sccc1C#N. The van der Waals surface area contributed by atoms with Gasteiger partial charge in [0.2, 0.25) is 5.91 Å². The Bertz CT molecular complexity index is 1050. The molecule has 3 rings (SSSR count). The molecule has 0 saturated carbocycles. The van der Waals surface area contributed by atoms with E-state index in [0.29, 0.717) is 34.7 Å². The van der Waals surface area contributed by atoms with E-state index in [1.165, 1.54) is 34.2 Å². The summed E-state index contributed by atoms with van der Waals surface area (Å²) in [6, 6.07) is 9.71. The second kappa shape index (κ2) is 9.58. The highest BCUT2D eigenvalue weighted by Crippen LogP contribution is 2.24. The Kier molecular flexibility index (Phi) is 6.90. The minimum absolute atomic E-state index is 0.179. The number of aromatic nitrogens is 3. The fourth-order valence-electron chi connectivity index (χ4n) is 2.59. The number of hydrogen-bond donors (Lipinski definition) is 1. The Labute approximate surface area is 177 Å². The first-order chi connectivity index (χ1) is 14.0. The molecule has 2 heterocycles. The predicted octanol–water partition coefficient (Wildman–Crippen LogP) is 4.16. The maximum Gasteiger partial charge on any atom is 0.235 e. The van der Waals surface area contributed by atoms with Crippen molar-refractivity contribution in [2.75, 3.05) is 11.1 Å². The fourth-order valence-corrected chi connectivity index (χ4v) is 4.16. The minimum atomic E-state index is -0.187. The number of amides is 1. The lowest BCUT2D eigenvalue weighted by Crippen LogP contribution is -2.14. The average Bonchev–Trinajstić information content (AvgIpc) is 3.33. The highest BCUT2D eigenvalue weighted by atomic mass is 32.2. The van der Waals surface area contributed by atoms with Crippen LogP contribution >= 0.6 is 23.1 Å². The fraction of sp³-hybridized carbons (Fsp3) is 0.300. The van der Waals surface area contributed by atoms with Gasteiger partial charge in [-0.05, 0) is 55.5 Å². The van der Waals surface area contributed by atoms with Crippen LogP contribution in [0.1, 0.15) is 29.4 Å². The second-order valence-electron chi connectivity index (χ2n) is 6.29. The van der Waals surface area contributed by atoms with Crippen LogP contribution in [-0.4, -0.2) is 26.4 Å².